The molecule has 0 aliphatic carbocycles. The number of urea groups is 1. The van der Waals surface area contributed by atoms with Gasteiger partial charge in [-0.3, -0.25) is 0 Å². The number of hydrogen-bond acceptors (Lipinski definition) is 8. The first kappa shape index (κ1) is 22.6. The number of thioether (sulfide) groups is 1. The van der Waals surface area contributed by atoms with Crippen molar-refractivity contribution in [2.24, 2.45) is 0 Å². The highest BCUT2D eigenvalue weighted by atomic mass is 32.2. The lowest BCUT2D eigenvalue weighted by Crippen LogP contribution is -2.46. The molecule has 10 nitrogen and oxygen atoms in total. The van der Waals surface area contributed by atoms with Crippen LogP contribution in [0.1, 0.15) is 18.7 Å². The SMILES string of the molecule is CCOC(=O)C1=C(CSc2ncnc3c2cnn3-c2ccc(F)cc2)NC(=O)N[C@H]1c1ccco1. The van der Waals surface area contributed by atoms with Crippen LogP contribution in [0.15, 0.2) is 75.9 Å². The molecule has 3 aromatic heterocycles. The topological polar surface area (TPSA) is 124 Å². The van der Waals surface area contributed by atoms with Crippen molar-refractivity contribution in [3.05, 3.63) is 78.0 Å². The third-order valence-corrected chi connectivity index (χ3v) is 6.26. The molecule has 4 heterocycles. The Morgan fingerprint density at radius 2 is 2.09 bits per heavy atom. The summed E-state index contributed by atoms with van der Waals surface area (Å²) in [7, 11) is 0. The van der Waals surface area contributed by atoms with Gasteiger partial charge in [-0.05, 0) is 43.3 Å². The minimum atomic E-state index is -0.792. The van der Waals surface area contributed by atoms with Gasteiger partial charge in [0.05, 0.1) is 35.7 Å². The fourth-order valence-corrected chi connectivity index (χ4v) is 4.63. The summed E-state index contributed by atoms with van der Waals surface area (Å²) in [5, 5.41) is 11.1. The Balaban J connectivity index is 1.48. The van der Waals surface area contributed by atoms with E-state index >= 15 is 0 Å². The van der Waals surface area contributed by atoms with E-state index < -0.39 is 18.0 Å². The number of nitrogens with zero attached hydrogens (tertiary/aromatic N) is 4. The van der Waals surface area contributed by atoms with E-state index in [2.05, 4.69) is 25.7 Å². The van der Waals surface area contributed by atoms with E-state index in [9.17, 15) is 14.0 Å². The predicted octanol–water partition coefficient (Wildman–Crippen LogP) is 3.51. The summed E-state index contributed by atoms with van der Waals surface area (Å²) in [5.41, 5.74) is 1.82. The van der Waals surface area contributed by atoms with Crippen molar-refractivity contribution in [1.29, 1.82) is 0 Å². The Bertz CT molecular complexity index is 1420. The van der Waals surface area contributed by atoms with Gasteiger partial charge < -0.3 is 19.8 Å². The molecule has 12 heteroatoms. The molecule has 0 bridgehead atoms. The Morgan fingerprint density at radius 1 is 1.26 bits per heavy atom. The number of rotatable bonds is 7. The minimum absolute atomic E-state index is 0.177. The third kappa shape index (κ3) is 4.47. The van der Waals surface area contributed by atoms with E-state index in [4.69, 9.17) is 9.15 Å². The van der Waals surface area contributed by atoms with E-state index in [1.165, 1.54) is 36.5 Å². The first-order chi connectivity index (χ1) is 17.0. The quantitative estimate of drug-likeness (QED) is 0.227. The number of esters is 1. The summed E-state index contributed by atoms with van der Waals surface area (Å²) in [4.78, 5) is 33.9. The number of nitrogens with one attached hydrogen (secondary N) is 2. The second kappa shape index (κ2) is 9.58. The van der Waals surface area contributed by atoms with Crippen LogP contribution < -0.4 is 10.6 Å². The number of amides is 2. The first-order valence-corrected chi connectivity index (χ1v) is 11.6. The number of fused-ring (bicyclic) bond motifs is 1. The molecule has 4 aromatic rings. The Kier molecular flexibility index (Phi) is 6.19. The van der Waals surface area contributed by atoms with E-state index in [-0.39, 0.29) is 23.8 Å². The zero-order valence-electron chi connectivity index (χ0n) is 18.4. The van der Waals surface area contributed by atoms with Gasteiger partial charge in [-0.25, -0.2) is 28.6 Å². The number of furan rings is 1. The van der Waals surface area contributed by atoms with Gasteiger partial charge in [-0.1, -0.05) is 11.8 Å². The normalized spacial score (nSPS) is 15.7. The molecule has 0 unspecified atom stereocenters. The van der Waals surface area contributed by atoms with Gasteiger partial charge >= 0.3 is 12.0 Å². The lowest BCUT2D eigenvalue weighted by Gasteiger charge is -2.27. The van der Waals surface area contributed by atoms with E-state index in [1.54, 1.807) is 42.1 Å². The fraction of sp³-hybridized carbons (Fsp3) is 0.174. The maximum atomic E-state index is 13.3. The fourth-order valence-electron chi connectivity index (χ4n) is 3.70. The van der Waals surface area contributed by atoms with Crippen LogP contribution in [0.2, 0.25) is 0 Å². The highest BCUT2D eigenvalue weighted by molar-refractivity contribution is 7.99. The molecule has 2 N–H and O–H groups in total. The zero-order valence-corrected chi connectivity index (χ0v) is 19.2. The molecule has 178 valence electrons. The third-order valence-electron chi connectivity index (χ3n) is 5.23. The van der Waals surface area contributed by atoms with Crippen molar-refractivity contribution < 1.29 is 23.1 Å². The van der Waals surface area contributed by atoms with Gasteiger partial charge in [-0.15, -0.1) is 0 Å². The Labute approximate surface area is 202 Å². The van der Waals surface area contributed by atoms with Crippen LogP contribution in [-0.4, -0.2) is 44.1 Å². The highest BCUT2D eigenvalue weighted by Crippen LogP contribution is 2.32. The zero-order chi connectivity index (χ0) is 24.4. The number of carbonyl (C=O) groups is 2. The molecule has 5 rings (SSSR count). The molecular weight excluding hydrogens is 475 g/mol. The molecule has 0 radical (unpaired) electrons. The molecule has 35 heavy (non-hydrogen) atoms. The van der Waals surface area contributed by atoms with Crippen LogP contribution in [0.3, 0.4) is 0 Å². The maximum Gasteiger partial charge on any atom is 0.338 e. The van der Waals surface area contributed by atoms with Crippen LogP contribution in [0.25, 0.3) is 16.7 Å². The summed E-state index contributed by atoms with van der Waals surface area (Å²) in [5.74, 6) is -0.282. The number of hydrogen-bond donors (Lipinski definition) is 2. The largest absolute Gasteiger partial charge is 0.467 e. The van der Waals surface area contributed by atoms with Crippen molar-refractivity contribution >= 4 is 34.8 Å². The van der Waals surface area contributed by atoms with Gasteiger partial charge in [0.1, 0.15) is 29.0 Å². The van der Waals surface area contributed by atoms with Crippen molar-refractivity contribution in [3.8, 4) is 5.69 Å². The molecule has 0 spiro atoms. The first-order valence-electron chi connectivity index (χ1n) is 10.6. The van der Waals surface area contributed by atoms with Gasteiger partial charge in [0.15, 0.2) is 5.65 Å². The molecular formula is C23H19FN6O4S. The van der Waals surface area contributed by atoms with Crippen LogP contribution in [0, 0.1) is 5.82 Å². The summed E-state index contributed by atoms with van der Waals surface area (Å²) in [6.07, 6.45) is 4.49. The maximum absolute atomic E-state index is 13.3. The van der Waals surface area contributed by atoms with Crippen molar-refractivity contribution in [2.45, 2.75) is 18.0 Å². The second-order valence-corrected chi connectivity index (χ2v) is 8.36. The molecule has 0 saturated carbocycles. The lowest BCUT2D eigenvalue weighted by molar-refractivity contribution is -0.139. The smallest absolute Gasteiger partial charge is 0.338 e. The van der Waals surface area contributed by atoms with Gasteiger partial charge in [0.25, 0.3) is 0 Å². The molecule has 1 aromatic carbocycles. The average Bonchev–Trinajstić information content (AvgIpc) is 3.54. The number of benzene rings is 1. The van der Waals surface area contributed by atoms with Gasteiger partial charge in [0, 0.05) is 11.4 Å². The summed E-state index contributed by atoms with van der Waals surface area (Å²) in [6, 6.07) is 8.00. The molecule has 1 aliphatic heterocycles. The predicted molar refractivity (Wildman–Crippen MR) is 124 cm³/mol. The average molecular weight is 495 g/mol. The van der Waals surface area contributed by atoms with Crippen molar-refractivity contribution in [3.63, 3.8) is 0 Å². The van der Waals surface area contributed by atoms with Gasteiger partial charge in [0.2, 0.25) is 0 Å². The monoisotopic (exact) mass is 494 g/mol. The molecule has 1 aliphatic rings. The molecule has 0 fully saturated rings. The Morgan fingerprint density at radius 3 is 2.83 bits per heavy atom. The number of ether oxygens (including phenoxy) is 1. The van der Waals surface area contributed by atoms with Crippen molar-refractivity contribution in [2.75, 3.05) is 12.4 Å². The van der Waals surface area contributed by atoms with E-state index in [0.717, 1.165) is 0 Å². The minimum Gasteiger partial charge on any atom is -0.467 e. The van der Waals surface area contributed by atoms with Gasteiger partial charge in [-0.2, -0.15) is 5.10 Å². The molecule has 1 atom stereocenters. The highest BCUT2D eigenvalue weighted by Gasteiger charge is 2.35. The van der Waals surface area contributed by atoms with Crippen LogP contribution in [0.4, 0.5) is 9.18 Å². The number of carbonyl (C=O) groups excluding carboxylic acids is 2. The van der Waals surface area contributed by atoms with Crippen molar-refractivity contribution in [1.82, 2.24) is 30.4 Å². The summed E-state index contributed by atoms with van der Waals surface area (Å²) >= 11 is 1.30. The summed E-state index contributed by atoms with van der Waals surface area (Å²) < 4.78 is 25.6. The lowest BCUT2D eigenvalue weighted by atomic mass is 10.0. The Hall–Kier alpha value is -4.19. The van der Waals surface area contributed by atoms with Crippen LogP contribution >= 0.6 is 11.8 Å². The molecule has 0 saturated heterocycles. The van der Waals surface area contributed by atoms with E-state index in [1.807, 2.05) is 0 Å². The summed E-state index contributed by atoms with van der Waals surface area (Å²) in [6.45, 7) is 1.89. The number of halogens is 1. The second-order valence-electron chi connectivity index (χ2n) is 7.40. The van der Waals surface area contributed by atoms with Crippen LogP contribution in [-0.2, 0) is 9.53 Å². The van der Waals surface area contributed by atoms with E-state index in [0.29, 0.717) is 33.2 Å². The number of aromatic nitrogens is 4. The molecule has 2 amide bonds. The van der Waals surface area contributed by atoms with Crippen LogP contribution in [0.5, 0.6) is 0 Å². The standard InChI is InChI=1S/C23H19FN6O4S/c1-2-33-22(31)18-16(28-23(32)29-19(18)17-4-3-9-34-17)11-35-21-15-10-27-30(20(15)25-12-26-21)14-7-5-13(24)6-8-14/h3-10,12,19H,2,11H2,1H3,(H2,28,29,32)/t19-/m0/s1.